The molecular formula is C18H19F2N. The van der Waals surface area contributed by atoms with E-state index in [1.807, 2.05) is 13.0 Å². The molecule has 0 aliphatic heterocycles. The van der Waals surface area contributed by atoms with Crippen molar-refractivity contribution >= 4 is 0 Å². The molecule has 0 spiro atoms. The van der Waals surface area contributed by atoms with E-state index in [1.165, 1.54) is 36.1 Å². The van der Waals surface area contributed by atoms with E-state index in [9.17, 15) is 8.78 Å². The zero-order valence-electron chi connectivity index (χ0n) is 12.1. The van der Waals surface area contributed by atoms with E-state index in [2.05, 4.69) is 23.5 Å². The van der Waals surface area contributed by atoms with Gasteiger partial charge in [-0.15, -0.1) is 0 Å². The van der Waals surface area contributed by atoms with Crippen LogP contribution in [0.2, 0.25) is 0 Å². The molecule has 0 bridgehead atoms. The van der Waals surface area contributed by atoms with Crippen LogP contribution in [0.1, 0.15) is 48.4 Å². The molecule has 21 heavy (non-hydrogen) atoms. The highest BCUT2D eigenvalue weighted by Crippen LogP contribution is 2.41. The van der Waals surface area contributed by atoms with Crippen LogP contribution in [0.3, 0.4) is 0 Å². The summed E-state index contributed by atoms with van der Waals surface area (Å²) in [4.78, 5) is 0. The Balaban J connectivity index is 1.71. The van der Waals surface area contributed by atoms with Crippen molar-refractivity contribution in [3.05, 3.63) is 70.8 Å². The largest absolute Gasteiger partial charge is 0.306 e. The maximum atomic E-state index is 13.8. The van der Waals surface area contributed by atoms with Gasteiger partial charge in [0.2, 0.25) is 0 Å². The van der Waals surface area contributed by atoms with Gasteiger partial charge in [0.05, 0.1) is 0 Å². The quantitative estimate of drug-likeness (QED) is 0.841. The van der Waals surface area contributed by atoms with Crippen molar-refractivity contribution in [2.75, 3.05) is 0 Å². The van der Waals surface area contributed by atoms with Crippen molar-refractivity contribution in [1.29, 1.82) is 0 Å². The van der Waals surface area contributed by atoms with Crippen molar-refractivity contribution < 1.29 is 8.78 Å². The second-order valence-electron chi connectivity index (χ2n) is 5.74. The first-order valence-corrected chi connectivity index (χ1v) is 7.41. The molecule has 1 aliphatic carbocycles. The van der Waals surface area contributed by atoms with Crippen LogP contribution in [-0.4, -0.2) is 0 Å². The molecule has 3 heteroatoms. The van der Waals surface area contributed by atoms with Crippen molar-refractivity contribution in [2.45, 2.75) is 38.3 Å². The lowest BCUT2D eigenvalue weighted by Gasteiger charge is -2.17. The lowest BCUT2D eigenvalue weighted by molar-refractivity contribution is 0.517. The minimum Gasteiger partial charge on any atom is -0.306 e. The Morgan fingerprint density at radius 2 is 1.90 bits per heavy atom. The van der Waals surface area contributed by atoms with Gasteiger partial charge in [-0.2, -0.15) is 0 Å². The van der Waals surface area contributed by atoms with E-state index in [1.54, 1.807) is 0 Å². The maximum absolute atomic E-state index is 13.8. The predicted octanol–water partition coefficient (Wildman–Crippen LogP) is 4.69. The summed E-state index contributed by atoms with van der Waals surface area (Å²) in [6.45, 7) is 2.53. The Labute approximate surface area is 124 Å². The van der Waals surface area contributed by atoms with Crippen LogP contribution >= 0.6 is 0 Å². The normalized spacial score (nSPS) is 16.0. The smallest absolute Gasteiger partial charge is 0.128 e. The Bertz CT molecular complexity index is 635. The number of hydrogen-bond acceptors (Lipinski definition) is 1. The molecule has 1 fully saturated rings. The second kappa shape index (κ2) is 5.94. The molecule has 2 aromatic carbocycles. The fourth-order valence-corrected chi connectivity index (χ4v) is 2.71. The predicted molar refractivity (Wildman–Crippen MR) is 80.0 cm³/mol. The van der Waals surface area contributed by atoms with Gasteiger partial charge in [-0.1, -0.05) is 24.3 Å². The second-order valence-corrected chi connectivity index (χ2v) is 5.74. The van der Waals surface area contributed by atoms with Gasteiger partial charge in [0, 0.05) is 18.2 Å². The highest BCUT2D eigenvalue weighted by Gasteiger charge is 2.25. The van der Waals surface area contributed by atoms with E-state index < -0.39 is 5.82 Å². The third kappa shape index (κ3) is 3.30. The third-order valence-electron chi connectivity index (χ3n) is 4.10. The molecule has 0 heterocycles. The number of hydrogen-bond donors (Lipinski definition) is 1. The lowest BCUT2D eigenvalue weighted by atomic mass is 10.0. The molecule has 0 amide bonds. The van der Waals surface area contributed by atoms with Gasteiger partial charge >= 0.3 is 0 Å². The minimum atomic E-state index is -0.404. The fraction of sp³-hybridized carbons (Fsp3) is 0.333. The standard InChI is InChI=1S/C18H19F2N/c1-12(17-10-15(19)8-9-18(17)20)21-11-14-4-2-3-5-16(14)13-6-7-13/h2-5,8-10,12-13,21H,6-7,11H2,1H3. The fourth-order valence-electron chi connectivity index (χ4n) is 2.71. The van der Waals surface area contributed by atoms with E-state index in [-0.39, 0.29) is 11.9 Å². The van der Waals surface area contributed by atoms with Crippen LogP contribution < -0.4 is 5.32 Å². The number of nitrogens with one attached hydrogen (secondary N) is 1. The van der Waals surface area contributed by atoms with E-state index in [0.717, 1.165) is 6.07 Å². The minimum absolute atomic E-state index is 0.229. The zero-order valence-corrected chi connectivity index (χ0v) is 12.1. The van der Waals surface area contributed by atoms with Crippen molar-refractivity contribution in [2.24, 2.45) is 0 Å². The molecular weight excluding hydrogens is 268 g/mol. The van der Waals surface area contributed by atoms with Gasteiger partial charge in [-0.3, -0.25) is 0 Å². The van der Waals surface area contributed by atoms with E-state index in [4.69, 9.17) is 0 Å². The van der Waals surface area contributed by atoms with Crippen LogP contribution in [0.15, 0.2) is 42.5 Å². The molecule has 1 saturated carbocycles. The van der Waals surface area contributed by atoms with Gasteiger partial charge in [-0.05, 0) is 55.0 Å². The highest BCUT2D eigenvalue weighted by molar-refractivity contribution is 5.33. The Hall–Kier alpha value is -1.74. The van der Waals surface area contributed by atoms with Crippen molar-refractivity contribution in [1.82, 2.24) is 5.32 Å². The van der Waals surface area contributed by atoms with Crippen LogP contribution in [0.4, 0.5) is 8.78 Å². The summed E-state index contributed by atoms with van der Waals surface area (Å²) in [5.74, 6) is -0.0884. The average molecular weight is 287 g/mol. The van der Waals surface area contributed by atoms with Crippen molar-refractivity contribution in [3.63, 3.8) is 0 Å². The van der Waals surface area contributed by atoms with Gasteiger partial charge in [0.1, 0.15) is 11.6 Å². The van der Waals surface area contributed by atoms with Gasteiger partial charge in [0.15, 0.2) is 0 Å². The van der Waals surface area contributed by atoms with Gasteiger partial charge in [0.25, 0.3) is 0 Å². The first kappa shape index (κ1) is 14.2. The first-order valence-electron chi connectivity index (χ1n) is 7.41. The molecule has 1 aliphatic rings. The molecule has 110 valence electrons. The Kier molecular flexibility index (Phi) is 4.02. The summed E-state index contributed by atoms with van der Waals surface area (Å²) in [5.41, 5.74) is 3.01. The molecule has 0 aromatic heterocycles. The maximum Gasteiger partial charge on any atom is 0.128 e. The molecule has 1 unspecified atom stereocenters. The third-order valence-corrected chi connectivity index (χ3v) is 4.10. The Morgan fingerprint density at radius 1 is 1.14 bits per heavy atom. The number of halogens is 2. The summed E-state index contributed by atoms with van der Waals surface area (Å²) in [6, 6.07) is 11.7. The molecule has 0 radical (unpaired) electrons. The highest BCUT2D eigenvalue weighted by atomic mass is 19.1. The molecule has 1 N–H and O–H groups in total. The van der Waals surface area contributed by atoms with Crippen LogP contribution in [0, 0.1) is 11.6 Å². The molecule has 1 atom stereocenters. The number of rotatable bonds is 5. The van der Waals surface area contributed by atoms with Crippen LogP contribution in [-0.2, 0) is 6.54 Å². The first-order chi connectivity index (χ1) is 10.1. The summed E-state index contributed by atoms with van der Waals surface area (Å²) in [6.07, 6.45) is 2.51. The lowest BCUT2D eigenvalue weighted by Crippen LogP contribution is -2.20. The summed E-state index contributed by atoms with van der Waals surface area (Å²) in [5, 5.41) is 3.30. The summed E-state index contributed by atoms with van der Waals surface area (Å²) < 4.78 is 27.0. The molecule has 0 saturated heterocycles. The molecule has 3 rings (SSSR count). The number of benzene rings is 2. The van der Waals surface area contributed by atoms with E-state index >= 15 is 0 Å². The molecule has 2 aromatic rings. The topological polar surface area (TPSA) is 12.0 Å². The van der Waals surface area contributed by atoms with Gasteiger partial charge < -0.3 is 5.32 Å². The SMILES string of the molecule is CC(NCc1ccccc1C1CC1)c1cc(F)ccc1F. The summed E-state index contributed by atoms with van der Waals surface area (Å²) >= 11 is 0. The zero-order chi connectivity index (χ0) is 14.8. The summed E-state index contributed by atoms with van der Waals surface area (Å²) in [7, 11) is 0. The monoisotopic (exact) mass is 287 g/mol. The van der Waals surface area contributed by atoms with Gasteiger partial charge in [-0.25, -0.2) is 8.78 Å². The van der Waals surface area contributed by atoms with E-state index in [0.29, 0.717) is 18.0 Å². The molecule has 1 nitrogen and oxygen atoms in total. The van der Waals surface area contributed by atoms with Crippen LogP contribution in [0.5, 0.6) is 0 Å². The Morgan fingerprint density at radius 3 is 2.67 bits per heavy atom. The average Bonchev–Trinajstić information content (AvgIpc) is 3.32. The van der Waals surface area contributed by atoms with Crippen LogP contribution in [0.25, 0.3) is 0 Å². The van der Waals surface area contributed by atoms with Crippen molar-refractivity contribution in [3.8, 4) is 0 Å².